The van der Waals surface area contributed by atoms with Gasteiger partial charge in [0.05, 0.1) is 6.42 Å². The highest BCUT2D eigenvalue weighted by molar-refractivity contribution is 5.69. The van der Waals surface area contributed by atoms with E-state index in [-0.39, 0.29) is 18.5 Å². The van der Waals surface area contributed by atoms with Gasteiger partial charge in [-0.3, -0.25) is 9.59 Å². The van der Waals surface area contributed by atoms with Crippen LogP contribution in [0.2, 0.25) is 0 Å². The van der Waals surface area contributed by atoms with Crippen molar-refractivity contribution in [2.75, 3.05) is 0 Å². The van der Waals surface area contributed by atoms with Gasteiger partial charge in [-0.15, -0.1) is 0 Å². The van der Waals surface area contributed by atoms with Gasteiger partial charge in [-0.1, -0.05) is 123 Å². The third kappa shape index (κ3) is 21.8. The van der Waals surface area contributed by atoms with Crippen molar-refractivity contribution in [2.45, 2.75) is 161 Å². The van der Waals surface area contributed by atoms with E-state index in [1.165, 1.54) is 103 Å². The normalized spacial score (nSPS) is 12.1. The molecule has 177 valence electrons. The van der Waals surface area contributed by atoms with Crippen molar-refractivity contribution in [3.8, 4) is 0 Å². The van der Waals surface area contributed by atoms with Gasteiger partial charge >= 0.3 is 5.97 Å². The standard InChI is InChI=1S/C27H51O3/c1-3-5-7-9-11-13-15-17-19-21-23-27(29)30-26(24-25-28)22-20-18-16-14-12-10-8-6-4-2/h26H,3-24H2,1-2H3. The van der Waals surface area contributed by atoms with Gasteiger partial charge in [0, 0.05) is 6.42 Å². The van der Waals surface area contributed by atoms with Crippen LogP contribution in [-0.2, 0) is 14.3 Å². The molecule has 0 bridgehead atoms. The highest BCUT2D eigenvalue weighted by atomic mass is 16.5. The molecule has 0 fully saturated rings. The van der Waals surface area contributed by atoms with Crippen LogP contribution in [0.3, 0.4) is 0 Å². The second-order valence-corrected chi connectivity index (χ2v) is 9.01. The van der Waals surface area contributed by atoms with Crippen LogP contribution in [0, 0.1) is 0 Å². The lowest BCUT2D eigenvalue weighted by atomic mass is 10.0. The molecule has 0 aliphatic heterocycles. The molecule has 0 rings (SSSR count). The largest absolute Gasteiger partial charge is 0.462 e. The summed E-state index contributed by atoms with van der Waals surface area (Å²) in [4.78, 5) is 22.9. The van der Waals surface area contributed by atoms with Crippen LogP contribution in [-0.4, -0.2) is 18.4 Å². The topological polar surface area (TPSA) is 43.4 Å². The smallest absolute Gasteiger partial charge is 0.306 e. The van der Waals surface area contributed by atoms with E-state index in [2.05, 4.69) is 13.8 Å². The highest BCUT2D eigenvalue weighted by Gasteiger charge is 2.14. The van der Waals surface area contributed by atoms with Crippen molar-refractivity contribution in [3.63, 3.8) is 0 Å². The molecule has 0 amide bonds. The van der Waals surface area contributed by atoms with Crippen molar-refractivity contribution < 1.29 is 14.3 Å². The molecule has 0 aromatic heterocycles. The average molecular weight is 424 g/mol. The Morgan fingerprint density at radius 2 is 1.03 bits per heavy atom. The minimum absolute atomic E-state index is 0.134. The van der Waals surface area contributed by atoms with Gasteiger partial charge in [-0.25, -0.2) is 0 Å². The van der Waals surface area contributed by atoms with Gasteiger partial charge in [-0.05, 0) is 19.3 Å². The van der Waals surface area contributed by atoms with Crippen LogP contribution in [0.25, 0.3) is 0 Å². The minimum atomic E-state index is -0.261. The quantitative estimate of drug-likeness (QED) is 0.115. The molecule has 1 unspecified atom stereocenters. The van der Waals surface area contributed by atoms with E-state index in [9.17, 15) is 9.59 Å². The average Bonchev–Trinajstić information content (AvgIpc) is 2.74. The number of carbonyl (C=O) groups excluding carboxylic acids is 2. The van der Waals surface area contributed by atoms with Crippen molar-refractivity contribution >= 4 is 12.3 Å². The van der Waals surface area contributed by atoms with Crippen molar-refractivity contribution in [1.82, 2.24) is 0 Å². The van der Waals surface area contributed by atoms with Crippen LogP contribution in [0.4, 0.5) is 0 Å². The molecule has 3 nitrogen and oxygen atoms in total. The molecule has 3 heteroatoms. The van der Waals surface area contributed by atoms with Crippen LogP contribution in [0.1, 0.15) is 155 Å². The Labute approximate surface area is 188 Å². The summed E-state index contributed by atoms with van der Waals surface area (Å²) in [5.41, 5.74) is 0. The van der Waals surface area contributed by atoms with E-state index in [4.69, 9.17) is 4.74 Å². The first-order chi connectivity index (χ1) is 14.7. The second kappa shape index (κ2) is 24.4. The maximum atomic E-state index is 12.1. The molecule has 0 saturated carbocycles. The van der Waals surface area contributed by atoms with E-state index in [1.54, 1.807) is 0 Å². The molecular formula is C27H51O3. The van der Waals surface area contributed by atoms with Gasteiger partial charge in [0.1, 0.15) is 6.10 Å². The van der Waals surface area contributed by atoms with E-state index in [0.29, 0.717) is 6.42 Å². The lowest BCUT2D eigenvalue weighted by Crippen LogP contribution is -2.18. The maximum Gasteiger partial charge on any atom is 0.306 e. The summed E-state index contributed by atoms with van der Waals surface area (Å²) >= 11 is 0. The van der Waals surface area contributed by atoms with E-state index in [1.807, 2.05) is 6.29 Å². The molecule has 0 saturated heterocycles. The van der Waals surface area contributed by atoms with Crippen LogP contribution >= 0.6 is 0 Å². The molecule has 0 heterocycles. The third-order valence-corrected chi connectivity index (χ3v) is 5.97. The zero-order chi connectivity index (χ0) is 22.1. The van der Waals surface area contributed by atoms with E-state index in [0.717, 1.165) is 25.7 Å². The Morgan fingerprint density at radius 1 is 0.633 bits per heavy atom. The molecule has 0 aliphatic carbocycles. The first-order valence-electron chi connectivity index (χ1n) is 13.3. The summed E-state index contributed by atoms with van der Waals surface area (Å²) in [7, 11) is 0. The van der Waals surface area contributed by atoms with Crippen LogP contribution in [0.15, 0.2) is 0 Å². The second-order valence-electron chi connectivity index (χ2n) is 9.01. The molecule has 1 atom stereocenters. The van der Waals surface area contributed by atoms with Crippen molar-refractivity contribution in [1.29, 1.82) is 0 Å². The predicted molar refractivity (Wildman–Crippen MR) is 128 cm³/mol. The maximum absolute atomic E-state index is 12.1. The lowest BCUT2D eigenvalue weighted by molar-refractivity contribution is -0.149. The van der Waals surface area contributed by atoms with Gasteiger partial charge in [0.15, 0.2) is 0 Å². The first kappa shape index (κ1) is 29.1. The monoisotopic (exact) mass is 423 g/mol. The molecule has 0 aliphatic rings. The number of hydrogen-bond donors (Lipinski definition) is 0. The fourth-order valence-electron chi connectivity index (χ4n) is 3.98. The van der Waals surface area contributed by atoms with Gasteiger partial charge < -0.3 is 4.74 Å². The number of hydrogen-bond acceptors (Lipinski definition) is 3. The Bertz CT molecular complexity index is 367. The van der Waals surface area contributed by atoms with E-state index >= 15 is 0 Å². The minimum Gasteiger partial charge on any atom is -0.462 e. The molecule has 0 aromatic rings. The SMILES string of the molecule is CCCCCCCCCCCCC(=O)OC(C[C]=O)CCCCCCCCCCC. The number of rotatable bonds is 24. The molecule has 1 radical (unpaired) electrons. The molecule has 0 N–H and O–H groups in total. The molecule has 0 spiro atoms. The van der Waals surface area contributed by atoms with Gasteiger partial charge in [0.25, 0.3) is 0 Å². The molecule has 30 heavy (non-hydrogen) atoms. The Morgan fingerprint density at radius 3 is 1.47 bits per heavy atom. The Kier molecular flexibility index (Phi) is 23.7. The number of esters is 1. The summed E-state index contributed by atoms with van der Waals surface area (Å²) in [6, 6.07) is 0. The Hall–Kier alpha value is -0.860. The summed E-state index contributed by atoms with van der Waals surface area (Å²) in [5, 5.41) is 0. The number of unbranched alkanes of at least 4 members (excludes halogenated alkanes) is 17. The lowest BCUT2D eigenvalue weighted by Gasteiger charge is -2.15. The highest BCUT2D eigenvalue weighted by Crippen LogP contribution is 2.15. The molecule has 0 aromatic carbocycles. The van der Waals surface area contributed by atoms with Gasteiger partial charge in [0.2, 0.25) is 6.29 Å². The zero-order valence-corrected chi connectivity index (χ0v) is 20.4. The van der Waals surface area contributed by atoms with Gasteiger partial charge in [-0.2, -0.15) is 0 Å². The fraction of sp³-hybridized carbons (Fsp3) is 0.926. The fourth-order valence-corrected chi connectivity index (χ4v) is 3.98. The number of carbonyl (C=O) groups is 1. The molecular weight excluding hydrogens is 372 g/mol. The Balaban J connectivity index is 3.60. The number of ether oxygens (including phenoxy) is 1. The van der Waals surface area contributed by atoms with Crippen molar-refractivity contribution in [2.24, 2.45) is 0 Å². The third-order valence-electron chi connectivity index (χ3n) is 5.97. The summed E-state index contributed by atoms with van der Waals surface area (Å²) < 4.78 is 5.54. The van der Waals surface area contributed by atoms with Crippen LogP contribution < -0.4 is 0 Å². The first-order valence-corrected chi connectivity index (χ1v) is 13.3. The van der Waals surface area contributed by atoms with Crippen molar-refractivity contribution in [3.05, 3.63) is 0 Å². The van der Waals surface area contributed by atoms with Crippen LogP contribution in [0.5, 0.6) is 0 Å². The zero-order valence-electron chi connectivity index (χ0n) is 20.4. The predicted octanol–water partition coefficient (Wildman–Crippen LogP) is 8.63. The summed E-state index contributed by atoms with van der Waals surface area (Å²) in [5.74, 6) is -0.134. The van der Waals surface area contributed by atoms with E-state index < -0.39 is 0 Å². The summed E-state index contributed by atoms with van der Waals surface area (Å²) in [6.45, 7) is 4.50. The summed E-state index contributed by atoms with van der Waals surface area (Å²) in [6.07, 6.45) is 27.2.